The van der Waals surface area contributed by atoms with E-state index in [1.54, 1.807) is 0 Å². The molecule has 1 saturated carbocycles. The highest BCUT2D eigenvalue weighted by atomic mass is 16.6. The van der Waals surface area contributed by atoms with Crippen molar-refractivity contribution >= 4 is 18.0 Å². The smallest absolute Gasteiger partial charge is 0.410 e. The average molecular weight is 439 g/mol. The lowest BCUT2D eigenvalue weighted by atomic mass is 10.0. The van der Waals surface area contributed by atoms with Gasteiger partial charge in [0.05, 0.1) is 6.61 Å². The van der Waals surface area contributed by atoms with Crippen LogP contribution in [0.2, 0.25) is 0 Å². The van der Waals surface area contributed by atoms with Crippen LogP contribution in [0, 0.1) is 5.92 Å². The standard InChI is InChI=1S/C23H42N4O4/c1-6-24-21(25-14-8-9-20(28)30-7-2)26-15-12-19(13-16-26)27(17-18-10-11-18)22(29)31-23(3,4)5/h18-19H,6-17H2,1-5H3,(H,24,25). The molecule has 8 heteroatoms. The van der Waals surface area contributed by atoms with Gasteiger partial charge in [-0.1, -0.05) is 0 Å². The van der Waals surface area contributed by atoms with E-state index in [0.29, 0.717) is 31.9 Å². The highest BCUT2D eigenvalue weighted by Gasteiger charge is 2.35. The zero-order valence-electron chi connectivity index (χ0n) is 20.1. The molecule has 0 spiro atoms. The number of rotatable bonds is 9. The molecular formula is C23H42N4O4. The fraction of sp³-hybridized carbons (Fsp3) is 0.870. The van der Waals surface area contributed by atoms with E-state index in [9.17, 15) is 9.59 Å². The lowest BCUT2D eigenvalue weighted by Crippen LogP contribution is -2.52. The molecule has 2 aliphatic rings. The number of piperidine rings is 1. The first-order valence-electron chi connectivity index (χ1n) is 11.9. The Balaban J connectivity index is 1.89. The molecule has 1 N–H and O–H groups in total. The van der Waals surface area contributed by atoms with E-state index in [1.807, 2.05) is 32.6 Å². The summed E-state index contributed by atoms with van der Waals surface area (Å²) in [5, 5.41) is 3.36. The maximum Gasteiger partial charge on any atom is 0.410 e. The third kappa shape index (κ3) is 9.35. The molecule has 1 amide bonds. The lowest BCUT2D eigenvalue weighted by Gasteiger charge is -2.40. The molecule has 1 aliphatic carbocycles. The van der Waals surface area contributed by atoms with Gasteiger partial charge in [-0.15, -0.1) is 0 Å². The minimum Gasteiger partial charge on any atom is -0.466 e. The molecule has 0 unspecified atom stereocenters. The molecule has 0 atom stereocenters. The second-order valence-electron chi connectivity index (χ2n) is 9.44. The van der Waals surface area contributed by atoms with E-state index in [1.165, 1.54) is 12.8 Å². The van der Waals surface area contributed by atoms with E-state index in [-0.39, 0.29) is 18.1 Å². The maximum atomic E-state index is 12.8. The van der Waals surface area contributed by atoms with Gasteiger partial charge in [0.1, 0.15) is 5.60 Å². The van der Waals surface area contributed by atoms with E-state index >= 15 is 0 Å². The number of hydrogen-bond donors (Lipinski definition) is 1. The van der Waals surface area contributed by atoms with Crippen LogP contribution in [0.4, 0.5) is 4.79 Å². The Kier molecular flexibility index (Phi) is 9.91. The molecule has 31 heavy (non-hydrogen) atoms. The second-order valence-corrected chi connectivity index (χ2v) is 9.44. The van der Waals surface area contributed by atoms with Crippen molar-refractivity contribution in [2.75, 3.05) is 39.3 Å². The van der Waals surface area contributed by atoms with Crippen molar-refractivity contribution in [2.45, 2.75) is 84.8 Å². The quantitative estimate of drug-likeness (QED) is 0.257. The van der Waals surface area contributed by atoms with Crippen LogP contribution in [0.25, 0.3) is 0 Å². The molecule has 1 aliphatic heterocycles. The summed E-state index contributed by atoms with van der Waals surface area (Å²) in [4.78, 5) is 33.3. The van der Waals surface area contributed by atoms with E-state index in [2.05, 4.69) is 17.1 Å². The third-order valence-corrected chi connectivity index (χ3v) is 5.43. The molecule has 2 rings (SSSR count). The van der Waals surface area contributed by atoms with Gasteiger partial charge < -0.3 is 24.6 Å². The summed E-state index contributed by atoms with van der Waals surface area (Å²) in [6.07, 6.45) is 5.11. The van der Waals surface area contributed by atoms with Crippen LogP contribution in [0.5, 0.6) is 0 Å². The largest absolute Gasteiger partial charge is 0.466 e. The van der Waals surface area contributed by atoms with E-state index < -0.39 is 5.60 Å². The molecule has 0 aromatic carbocycles. The molecule has 2 fully saturated rings. The Morgan fingerprint density at radius 1 is 1.13 bits per heavy atom. The summed E-state index contributed by atoms with van der Waals surface area (Å²) >= 11 is 0. The highest BCUT2D eigenvalue weighted by Crippen LogP contribution is 2.32. The van der Waals surface area contributed by atoms with Gasteiger partial charge in [0, 0.05) is 45.2 Å². The number of hydrogen-bond acceptors (Lipinski definition) is 5. The van der Waals surface area contributed by atoms with Gasteiger partial charge in [-0.25, -0.2) is 4.79 Å². The van der Waals surface area contributed by atoms with Gasteiger partial charge in [-0.3, -0.25) is 9.79 Å². The van der Waals surface area contributed by atoms with E-state index in [0.717, 1.165) is 45.0 Å². The fourth-order valence-corrected chi connectivity index (χ4v) is 3.73. The van der Waals surface area contributed by atoms with Crippen LogP contribution in [-0.4, -0.2) is 78.8 Å². The van der Waals surface area contributed by atoms with Crippen LogP contribution < -0.4 is 5.32 Å². The Labute approximate surface area is 187 Å². The highest BCUT2D eigenvalue weighted by molar-refractivity contribution is 5.80. The first kappa shape index (κ1) is 25.3. The molecule has 178 valence electrons. The third-order valence-electron chi connectivity index (χ3n) is 5.43. The van der Waals surface area contributed by atoms with Crippen LogP contribution >= 0.6 is 0 Å². The van der Waals surface area contributed by atoms with Gasteiger partial charge in [-0.05, 0) is 72.6 Å². The van der Waals surface area contributed by atoms with Gasteiger partial charge in [0.2, 0.25) is 0 Å². The topological polar surface area (TPSA) is 83.5 Å². The second kappa shape index (κ2) is 12.2. The lowest BCUT2D eigenvalue weighted by molar-refractivity contribution is -0.143. The number of likely N-dealkylation sites (tertiary alicyclic amines) is 1. The Morgan fingerprint density at radius 3 is 2.35 bits per heavy atom. The first-order chi connectivity index (χ1) is 14.7. The Hall–Kier alpha value is -1.99. The number of nitrogens with zero attached hydrogens (tertiary/aromatic N) is 3. The van der Waals surface area contributed by atoms with Crippen molar-refractivity contribution in [3.63, 3.8) is 0 Å². The number of ether oxygens (including phenoxy) is 2. The average Bonchev–Trinajstić information content (AvgIpc) is 3.52. The summed E-state index contributed by atoms with van der Waals surface area (Å²) in [5.74, 6) is 1.35. The Bertz CT molecular complexity index is 605. The zero-order chi connectivity index (χ0) is 22.9. The predicted molar refractivity (Wildman–Crippen MR) is 122 cm³/mol. The number of nitrogens with one attached hydrogen (secondary N) is 1. The van der Waals surface area contributed by atoms with Crippen LogP contribution in [0.3, 0.4) is 0 Å². The number of aliphatic imine (C=N–C) groups is 1. The van der Waals surface area contributed by atoms with Crippen LogP contribution in [0.1, 0.15) is 73.1 Å². The Morgan fingerprint density at radius 2 is 1.81 bits per heavy atom. The fourth-order valence-electron chi connectivity index (χ4n) is 3.73. The zero-order valence-corrected chi connectivity index (χ0v) is 20.1. The minimum absolute atomic E-state index is 0.165. The number of esters is 1. The SMILES string of the molecule is CCNC(=NCCCC(=O)OCC)N1CCC(N(CC2CC2)C(=O)OC(C)(C)C)CC1. The maximum absolute atomic E-state index is 12.8. The first-order valence-corrected chi connectivity index (χ1v) is 11.9. The molecule has 0 aromatic rings. The van der Waals surface area contributed by atoms with Crippen molar-refractivity contribution in [1.29, 1.82) is 0 Å². The molecule has 0 aromatic heterocycles. The minimum atomic E-state index is -0.478. The van der Waals surface area contributed by atoms with Crippen molar-refractivity contribution in [2.24, 2.45) is 10.9 Å². The summed E-state index contributed by atoms with van der Waals surface area (Å²) in [6.45, 7) is 13.9. The normalized spacial score (nSPS) is 18.0. The molecular weight excluding hydrogens is 396 g/mol. The molecule has 1 heterocycles. The van der Waals surface area contributed by atoms with Gasteiger partial charge >= 0.3 is 12.1 Å². The van der Waals surface area contributed by atoms with Gasteiger partial charge in [0.25, 0.3) is 0 Å². The number of carbonyl (C=O) groups excluding carboxylic acids is 2. The monoisotopic (exact) mass is 438 g/mol. The number of carbonyl (C=O) groups is 2. The van der Waals surface area contributed by atoms with Gasteiger partial charge in [0.15, 0.2) is 5.96 Å². The molecule has 0 radical (unpaired) electrons. The van der Waals surface area contributed by atoms with E-state index in [4.69, 9.17) is 14.5 Å². The number of guanidine groups is 1. The van der Waals surface area contributed by atoms with Gasteiger partial charge in [-0.2, -0.15) is 0 Å². The number of amides is 1. The molecule has 8 nitrogen and oxygen atoms in total. The van der Waals surface area contributed by atoms with Crippen molar-refractivity contribution < 1.29 is 19.1 Å². The predicted octanol–water partition coefficient (Wildman–Crippen LogP) is 3.41. The van der Waals surface area contributed by atoms with Crippen LogP contribution in [0.15, 0.2) is 4.99 Å². The molecule has 1 saturated heterocycles. The summed E-state index contributed by atoms with van der Waals surface area (Å²) < 4.78 is 10.7. The summed E-state index contributed by atoms with van der Waals surface area (Å²) in [5.41, 5.74) is -0.478. The van der Waals surface area contributed by atoms with Crippen LogP contribution in [-0.2, 0) is 14.3 Å². The van der Waals surface area contributed by atoms with Crippen molar-refractivity contribution in [3.8, 4) is 0 Å². The van der Waals surface area contributed by atoms with Crippen molar-refractivity contribution in [1.82, 2.24) is 15.1 Å². The summed E-state index contributed by atoms with van der Waals surface area (Å²) in [7, 11) is 0. The molecule has 0 bridgehead atoms. The van der Waals surface area contributed by atoms with Crippen molar-refractivity contribution in [3.05, 3.63) is 0 Å². The summed E-state index contributed by atoms with van der Waals surface area (Å²) in [6, 6.07) is 0.207.